The fourth-order valence-electron chi connectivity index (χ4n) is 5.49. The molecule has 0 spiro atoms. The molecule has 0 amide bonds. The van der Waals surface area contributed by atoms with E-state index in [9.17, 15) is 19.7 Å². The number of thiazole rings is 1. The molecular weight excluding hydrogens is 638 g/mol. The van der Waals surface area contributed by atoms with E-state index in [0.717, 1.165) is 11.3 Å². The van der Waals surface area contributed by atoms with Gasteiger partial charge >= 0.3 is 5.97 Å². The van der Waals surface area contributed by atoms with Crippen LogP contribution >= 0.6 is 11.3 Å². The van der Waals surface area contributed by atoms with Crippen LogP contribution in [0.3, 0.4) is 0 Å². The molecule has 12 nitrogen and oxygen atoms in total. The average molecular weight is 668 g/mol. The second kappa shape index (κ2) is 13.4. The van der Waals surface area contributed by atoms with Gasteiger partial charge in [-0.05, 0) is 42.8 Å². The smallest absolute Gasteiger partial charge is 0.338 e. The number of rotatable bonds is 10. The molecule has 3 heterocycles. The Morgan fingerprint density at radius 3 is 2.40 bits per heavy atom. The summed E-state index contributed by atoms with van der Waals surface area (Å²) in [6, 6.07) is 21.0. The van der Waals surface area contributed by atoms with Crippen LogP contribution in [0.2, 0.25) is 0 Å². The summed E-state index contributed by atoms with van der Waals surface area (Å²) < 4.78 is 29.7. The minimum atomic E-state index is -0.932. The zero-order valence-electron chi connectivity index (χ0n) is 26.3. The molecule has 1 aliphatic rings. The van der Waals surface area contributed by atoms with Gasteiger partial charge in [0.05, 0.1) is 60.3 Å². The predicted molar refractivity (Wildman–Crippen MR) is 178 cm³/mol. The summed E-state index contributed by atoms with van der Waals surface area (Å²) in [7, 11) is 4.48. The number of hydrogen-bond donors (Lipinski definition) is 0. The lowest BCUT2D eigenvalue weighted by molar-refractivity contribution is -0.384. The summed E-state index contributed by atoms with van der Waals surface area (Å²) in [6.45, 7) is 1.83. The minimum Gasteiger partial charge on any atom is -0.496 e. The molecule has 1 atom stereocenters. The number of carbonyl (C=O) groups excluding carboxylic acids is 1. The number of benzene rings is 3. The van der Waals surface area contributed by atoms with E-state index in [-0.39, 0.29) is 22.4 Å². The van der Waals surface area contributed by atoms with Crippen LogP contribution in [-0.4, -0.2) is 43.4 Å². The Kier molecular flexibility index (Phi) is 8.95. The molecule has 0 fully saturated rings. The maximum Gasteiger partial charge on any atom is 0.338 e. The van der Waals surface area contributed by atoms with Gasteiger partial charge in [0.15, 0.2) is 16.3 Å². The summed E-state index contributed by atoms with van der Waals surface area (Å²) in [6.07, 6.45) is 1.57. The molecular formula is C35H29N3O9S. The predicted octanol–water partition coefficient (Wildman–Crippen LogP) is 5.13. The molecule has 0 saturated heterocycles. The molecule has 1 aliphatic heterocycles. The first-order chi connectivity index (χ1) is 23.3. The molecule has 0 radical (unpaired) electrons. The number of nitro groups is 1. The fraction of sp³-hybridized carbons (Fsp3) is 0.171. The van der Waals surface area contributed by atoms with Crippen molar-refractivity contribution < 1.29 is 33.1 Å². The molecule has 0 aliphatic carbocycles. The van der Waals surface area contributed by atoms with Gasteiger partial charge < -0.3 is 23.4 Å². The second-order valence-electron chi connectivity index (χ2n) is 10.4. The molecule has 2 aromatic heterocycles. The van der Waals surface area contributed by atoms with Crippen molar-refractivity contribution >= 4 is 34.8 Å². The molecule has 0 bridgehead atoms. The molecule has 0 unspecified atom stereocenters. The summed E-state index contributed by atoms with van der Waals surface area (Å²) in [5, 5.41) is 11.4. The number of hydrogen-bond acceptors (Lipinski definition) is 11. The van der Waals surface area contributed by atoms with Gasteiger partial charge in [0.1, 0.15) is 17.3 Å². The monoisotopic (exact) mass is 667 g/mol. The van der Waals surface area contributed by atoms with E-state index in [1.54, 1.807) is 43.3 Å². The maximum atomic E-state index is 14.3. The molecule has 5 aromatic rings. The zero-order valence-corrected chi connectivity index (χ0v) is 27.1. The number of fused-ring (bicyclic) bond motifs is 1. The molecule has 3 aromatic carbocycles. The van der Waals surface area contributed by atoms with Gasteiger partial charge in [-0.3, -0.25) is 19.5 Å². The maximum absolute atomic E-state index is 14.3. The molecule has 244 valence electrons. The minimum absolute atomic E-state index is 0.115. The molecule has 0 N–H and O–H groups in total. The van der Waals surface area contributed by atoms with Crippen molar-refractivity contribution in [2.24, 2.45) is 4.99 Å². The standard InChI is InChI=1S/C35H29N3O9S/c1-5-46-34(40)30-31(20-9-7-6-8-10-20)36-35-37(32(30)21-11-14-27(44-3)28(17-21)45-4)33(39)29(48-35)19-23-13-16-26(47-23)24-18-22(38(41)42)12-15-25(24)43-2/h6-19,32H,5H2,1-4H3/b29-19-/t32-/m0/s1. The summed E-state index contributed by atoms with van der Waals surface area (Å²) in [5.74, 6) is 1.30. The Bertz CT molecular complexity index is 2250. The lowest BCUT2D eigenvalue weighted by atomic mass is 9.93. The van der Waals surface area contributed by atoms with Crippen molar-refractivity contribution in [3.05, 3.63) is 131 Å². The Morgan fingerprint density at radius 1 is 0.979 bits per heavy atom. The quantitative estimate of drug-likeness (QED) is 0.112. The van der Waals surface area contributed by atoms with Crippen LogP contribution in [0.4, 0.5) is 5.69 Å². The number of nitrogens with zero attached hydrogens (tertiary/aromatic N) is 3. The number of aromatic nitrogens is 1. The topological polar surface area (TPSA) is 145 Å². The van der Waals surface area contributed by atoms with E-state index >= 15 is 0 Å². The van der Waals surface area contributed by atoms with Crippen LogP contribution in [0.1, 0.15) is 29.9 Å². The van der Waals surface area contributed by atoms with Crippen molar-refractivity contribution in [2.75, 3.05) is 27.9 Å². The van der Waals surface area contributed by atoms with E-state index in [2.05, 4.69) is 0 Å². The Hall–Kier alpha value is -5.95. The highest BCUT2D eigenvalue weighted by molar-refractivity contribution is 7.07. The van der Waals surface area contributed by atoms with Gasteiger partial charge in [0.2, 0.25) is 0 Å². The van der Waals surface area contributed by atoms with Gasteiger partial charge in [-0.15, -0.1) is 0 Å². The highest BCUT2D eigenvalue weighted by Crippen LogP contribution is 2.39. The van der Waals surface area contributed by atoms with Crippen LogP contribution in [0, 0.1) is 10.1 Å². The summed E-state index contributed by atoms with van der Waals surface area (Å²) in [5.41, 5.74) is 1.65. The van der Waals surface area contributed by atoms with Gasteiger partial charge in [0.25, 0.3) is 11.2 Å². The number of furan rings is 1. The van der Waals surface area contributed by atoms with Gasteiger partial charge in [0, 0.05) is 23.8 Å². The van der Waals surface area contributed by atoms with Crippen molar-refractivity contribution in [3.8, 4) is 28.6 Å². The van der Waals surface area contributed by atoms with Crippen molar-refractivity contribution in [1.29, 1.82) is 0 Å². The third-order valence-corrected chi connectivity index (χ3v) is 8.64. The van der Waals surface area contributed by atoms with Crippen molar-refractivity contribution in [2.45, 2.75) is 13.0 Å². The summed E-state index contributed by atoms with van der Waals surface area (Å²) in [4.78, 5) is 44.1. The number of ether oxygens (including phenoxy) is 4. The van der Waals surface area contributed by atoms with Gasteiger partial charge in [-0.1, -0.05) is 47.7 Å². The number of esters is 1. The second-order valence-corrected chi connectivity index (χ2v) is 11.4. The van der Waals surface area contributed by atoms with Crippen LogP contribution in [0.15, 0.2) is 98.6 Å². The Labute approximate surface area is 277 Å². The largest absolute Gasteiger partial charge is 0.496 e. The molecule has 13 heteroatoms. The number of non-ortho nitro benzene ring substituents is 1. The van der Waals surface area contributed by atoms with E-state index in [1.165, 1.54) is 44.1 Å². The lowest BCUT2D eigenvalue weighted by Gasteiger charge is -2.26. The highest BCUT2D eigenvalue weighted by Gasteiger charge is 2.35. The normalized spacial score (nSPS) is 14.2. The zero-order chi connectivity index (χ0) is 33.9. The van der Waals surface area contributed by atoms with Crippen molar-refractivity contribution in [1.82, 2.24) is 4.57 Å². The Balaban J connectivity index is 1.56. The number of methoxy groups -OCH3 is 3. The van der Waals surface area contributed by atoms with Gasteiger partial charge in [-0.25, -0.2) is 9.79 Å². The number of nitro benzene ring substituents is 1. The summed E-state index contributed by atoms with van der Waals surface area (Å²) >= 11 is 1.13. The first-order valence-electron chi connectivity index (χ1n) is 14.7. The lowest BCUT2D eigenvalue weighted by Crippen LogP contribution is -2.40. The third-order valence-electron chi connectivity index (χ3n) is 7.66. The van der Waals surface area contributed by atoms with E-state index in [1.807, 2.05) is 30.3 Å². The van der Waals surface area contributed by atoms with Gasteiger partial charge in [-0.2, -0.15) is 0 Å². The SMILES string of the molecule is CCOC(=O)C1=C(c2ccccc2)N=c2s/c(=C\c3ccc(-c4cc([N+](=O)[O-])ccc4OC)o3)c(=O)n2[C@H]1c1ccc(OC)c(OC)c1. The molecule has 0 saturated carbocycles. The first-order valence-corrected chi connectivity index (χ1v) is 15.5. The number of carbonyl (C=O) groups is 1. The highest BCUT2D eigenvalue weighted by atomic mass is 32.1. The van der Waals surface area contributed by atoms with E-state index in [4.69, 9.17) is 28.4 Å². The fourth-order valence-corrected chi connectivity index (χ4v) is 6.47. The van der Waals surface area contributed by atoms with Crippen LogP contribution in [0.25, 0.3) is 23.1 Å². The molecule has 6 rings (SSSR count). The third kappa shape index (κ3) is 5.86. The van der Waals surface area contributed by atoms with Crippen LogP contribution in [-0.2, 0) is 9.53 Å². The first kappa shape index (κ1) is 32.0. The van der Waals surface area contributed by atoms with E-state index in [0.29, 0.717) is 56.0 Å². The molecule has 48 heavy (non-hydrogen) atoms. The van der Waals surface area contributed by atoms with Crippen molar-refractivity contribution in [3.63, 3.8) is 0 Å². The average Bonchev–Trinajstić information content (AvgIpc) is 3.70. The van der Waals surface area contributed by atoms with Crippen LogP contribution < -0.4 is 29.1 Å². The van der Waals surface area contributed by atoms with E-state index < -0.39 is 22.5 Å². The van der Waals surface area contributed by atoms with Crippen LogP contribution in [0.5, 0.6) is 17.2 Å². The Morgan fingerprint density at radius 2 is 1.71 bits per heavy atom.